The normalized spacial score (nSPS) is 10.4. The second kappa shape index (κ2) is 2.41. The van der Waals surface area contributed by atoms with Crippen LogP contribution in [-0.4, -0.2) is 5.16 Å². The molecule has 2 aromatic heterocycles. The lowest BCUT2D eigenvalue weighted by atomic mass is 10.2. The SMILES string of the molecule is Cc1occc1-c1cc(N)no1. The highest BCUT2D eigenvalue weighted by Crippen LogP contribution is 2.25. The van der Waals surface area contributed by atoms with E-state index in [1.807, 2.05) is 13.0 Å². The van der Waals surface area contributed by atoms with Crippen molar-refractivity contribution < 1.29 is 8.94 Å². The molecule has 0 spiro atoms. The number of rotatable bonds is 1. The summed E-state index contributed by atoms with van der Waals surface area (Å²) in [6, 6.07) is 3.48. The summed E-state index contributed by atoms with van der Waals surface area (Å²) in [5, 5.41) is 3.57. The number of aromatic nitrogens is 1. The first kappa shape index (κ1) is 6.97. The van der Waals surface area contributed by atoms with Crippen molar-refractivity contribution in [1.82, 2.24) is 5.16 Å². The zero-order valence-corrected chi connectivity index (χ0v) is 6.57. The summed E-state index contributed by atoms with van der Waals surface area (Å²) in [4.78, 5) is 0. The Morgan fingerprint density at radius 2 is 2.33 bits per heavy atom. The number of hydrogen-bond donors (Lipinski definition) is 1. The van der Waals surface area contributed by atoms with Crippen LogP contribution in [0.5, 0.6) is 0 Å². The number of furan rings is 1. The number of nitrogens with zero attached hydrogens (tertiary/aromatic N) is 1. The summed E-state index contributed by atoms with van der Waals surface area (Å²) >= 11 is 0. The fraction of sp³-hybridized carbons (Fsp3) is 0.125. The van der Waals surface area contributed by atoms with Gasteiger partial charge in [-0.15, -0.1) is 0 Å². The zero-order valence-electron chi connectivity index (χ0n) is 6.57. The van der Waals surface area contributed by atoms with Crippen LogP contribution in [0.1, 0.15) is 5.76 Å². The molecule has 0 aliphatic carbocycles. The van der Waals surface area contributed by atoms with Gasteiger partial charge in [0.25, 0.3) is 0 Å². The number of nitrogen functional groups attached to an aromatic ring is 1. The predicted octanol–water partition coefficient (Wildman–Crippen LogP) is 1.83. The van der Waals surface area contributed by atoms with Crippen LogP contribution in [0.2, 0.25) is 0 Å². The van der Waals surface area contributed by atoms with Crippen LogP contribution in [0.15, 0.2) is 27.3 Å². The van der Waals surface area contributed by atoms with Gasteiger partial charge in [-0.1, -0.05) is 5.16 Å². The van der Waals surface area contributed by atoms with E-state index in [4.69, 9.17) is 14.7 Å². The highest BCUT2D eigenvalue weighted by atomic mass is 16.5. The molecule has 62 valence electrons. The predicted molar refractivity (Wildman–Crippen MR) is 43.4 cm³/mol. The average Bonchev–Trinajstić information content (AvgIpc) is 2.58. The summed E-state index contributed by atoms with van der Waals surface area (Å²) < 4.78 is 10.1. The van der Waals surface area contributed by atoms with Gasteiger partial charge in [-0.3, -0.25) is 0 Å². The summed E-state index contributed by atoms with van der Waals surface area (Å²) in [6.07, 6.45) is 1.60. The van der Waals surface area contributed by atoms with Crippen LogP contribution in [0.4, 0.5) is 5.82 Å². The highest BCUT2D eigenvalue weighted by molar-refractivity contribution is 5.61. The maximum Gasteiger partial charge on any atom is 0.172 e. The van der Waals surface area contributed by atoms with Gasteiger partial charge in [0.15, 0.2) is 11.6 Å². The average molecular weight is 164 g/mol. The van der Waals surface area contributed by atoms with E-state index >= 15 is 0 Å². The molecule has 2 N–H and O–H groups in total. The molecule has 0 aliphatic heterocycles. The van der Waals surface area contributed by atoms with Crippen molar-refractivity contribution in [2.45, 2.75) is 6.92 Å². The van der Waals surface area contributed by atoms with Crippen LogP contribution in [0, 0.1) is 6.92 Å². The molecule has 4 nitrogen and oxygen atoms in total. The molecule has 4 heteroatoms. The fourth-order valence-electron chi connectivity index (χ4n) is 1.06. The lowest BCUT2D eigenvalue weighted by molar-refractivity contribution is 0.434. The summed E-state index contributed by atoms with van der Waals surface area (Å²) in [7, 11) is 0. The Hall–Kier alpha value is -1.71. The van der Waals surface area contributed by atoms with Crippen molar-refractivity contribution in [1.29, 1.82) is 0 Å². The molecule has 0 saturated heterocycles. The van der Waals surface area contributed by atoms with Gasteiger partial charge in [0.05, 0.1) is 11.8 Å². The monoisotopic (exact) mass is 164 g/mol. The van der Waals surface area contributed by atoms with Crippen molar-refractivity contribution in [3.8, 4) is 11.3 Å². The molecule has 12 heavy (non-hydrogen) atoms. The maximum atomic E-state index is 5.40. The zero-order chi connectivity index (χ0) is 8.55. The molecule has 2 heterocycles. The van der Waals surface area contributed by atoms with E-state index in [-0.39, 0.29) is 0 Å². The van der Waals surface area contributed by atoms with Crippen LogP contribution in [-0.2, 0) is 0 Å². The largest absolute Gasteiger partial charge is 0.469 e. The van der Waals surface area contributed by atoms with Gasteiger partial charge < -0.3 is 14.7 Å². The van der Waals surface area contributed by atoms with Crippen molar-refractivity contribution in [2.75, 3.05) is 5.73 Å². The third-order valence-electron chi connectivity index (χ3n) is 1.65. The Balaban J connectivity index is 2.50. The summed E-state index contributed by atoms with van der Waals surface area (Å²) in [6.45, 7) is 1.86. The molecular formula is C8H8N2O2. The van der Waals surface area contributed by atoms with Gasteiger partial charge in [0.2, 0.25) is 0 Å². The van der Waals surface area contributed by atoms with Gasteiger partial charge in [-0.2, -0.15) is 0 Å². The Kier molecular flexibility index (Phi) is 1.40. The van der Waals surface area contributed by atoms with Crippen LogP contribution in [0.3, 0.4) is 0 Å². The Morgan fingerprint density at radius 1 is 1.50 bits per heavy atom. The molecule has 0 atom stereocenters. The molecule has 0 amide bonds. The first-order valence-electron chi connectivity index (χ1n) is 3.54. The van der Waals surface area contributed by atoms with Crippen molar-refractivity contribution in [2.24, 2.45) is 0 Å². The highest BCUT2D eigenvalue weighted by Gasteiger charge is 2.09. The molecule has 2 aromatic rings. The Morgan fingerprint density at radius 3 is 2.83 bits per heavy atom. The third-order valence-corrected chi connectivity index (χ3v) is 1.65. The third kappa shape index (κ3) is 0.972. The fourth-order valence-corrected chi connectivity index (χ4v) is 1.06. The minimum Gasteiger partial charge on any atom is -0.469 e. The summed E-state index contributed by atoms with van der Waals surface area (Å²) in [5.41, 5.74) is 6.29. The van der Waals surface area contributed by atoms with Crippen LogP contribution < -0.4 is 5.73 Å². The molecule has 0 unspecified atom stereocenters. The number of aryl methyl sites for hydroxylation is 1. The lowest BCUT2D eigenvalue weighted by Gasteiger charge is -1.88. The van der Waals surface area contributed by atoms with Gasteiger partial charge in [0.1, 0.15) is 5.76 Å². The molecule has 0 aromatic carbocycles. The first-order valence-corrected chi connectivity index (χ1v) is 3.54. The quantitative estimate of drug-likeness (QED) is 0.698. The topological polar surface area (TPSA) is 65.2 Å². The van der Waals surface area contributed by atoms with E-state index in [0.717, 1.165) is 11.3 Å². The molecule has 2 rings (SSSR count). The summed E-state index contributed by atoms with van der Waals surface area (Å²) in [5.74, 6) is 1.82. The van der Waals surface area contributed by atoms with Crippen LogP contribution >= 0.6 is 0 Å². The maximum absolute atomic E-state index is 5.40. The standard InChI is InChI=1S/C8H8N2O2/c1-5-6(2-3-11-5)7-4-8(9)10-12-7/h2-4H,1H3,(H2,9,10). The second-order valence-corrected chi connectivity index (χ2v) is 2.51. The van der Waals surface area contributed by atoms with E-state index in [9.17, 15) is 0 Å². The Labute approximate surface area is 69.0 Å². The number of nitrogens with two attached hydrogens (primary N) is 1. The minimum absolute atomic E-state index is 0.380. The van der Waals surface area contributed by atoms with Crippen molar-refractivity contribution in [3.63, 3.8) is 0 Å². The molecule has 0 bridgehead atoms. The molecule has 0 radical (unpaired) electrons. The second-order valence-electron chi connectivity index (χ2n) is 2.51. The number of hydrogen-bond acceptors (Lipinski definition) is 4. The van der Waals surface area contributed by atoms with Crippen molar-refractivity contribution in [3.05, 3.63) is 24.2 Å². The number of anilines is 1. The van der Waals surface area contributed by atoms with E-state index in [1.54, 1.807) is 12.3 Å². The molecular weight excluding hydrogens is 156 g/mol. The van der Waals surface area contributed by atoms with Gasteiger partial charge in [-0.25, -0.2) is 0 Å². The molecule has 0 saturated carbocycles. The molecule has 0 aliphatic rings. The van der Waals surface area contributed by atoms with Gasteiger partial charge in [-0.05, 0) is 13.0 Å². The van der Waals surface area contributed by atoms with Gasteiger partial charge in [0, 0.05) is 6.07 Å². The Bertz CT molecular complexity index is 389. The minimum atomic E-state index is 0.380. The molecule has 0 fully saturated rings. The smallest absolute Gasteiger partial charge is 0.172 e. The van der Waals surface area contributed by atoms with E-state index in [2.05, 4.69) is 5.16 Å². The van der Waals surface area contributed by atoms with E-state index in [0.29, 0.717) is 11.6 Å². The van der Waals surface area contributed by atoms with E-state index < -0.39 is 0 Å². The first-order chi connectivity index (χ1) is 5.77. The van der Waals surface area contributed by atoms with Crippen molar-refractivity contribution >= 4 is 5.82 Å². The van der Waals surface area contributed by atoms with Crippen LogP contribution in [0.25, 0.3) is 11.3 Å². The lowest BCUT2D eigenvalue weighted by Crippen LogP contribution is -1.79. The van der Waals surface area contributed by atoms with E-state index in [1.165, 1.54) is 0 Å². The van der Waals surface area contributed by atoms with Gasteiger partial charge >= 0.3 is 0 Å².